The standard InChI is InChI=1S/C30H33BrN4O/c1-22(23-6-3-2-4-7-23)35-20-25-18-24(28-8-5-13-32-29(28)30(25)36-21-35)19-33-14-16-34(17-15-33)27-11-9-26(31)10-12-27/h2-4,6-12,18,22H,5,13-17,19-21H2,1H3. The molecule has 186 valence electrons. The average molecular weight is 546 g/mol. The van der Waals surface area contributed by atoms with E-state index in [1.165, 1.54) is 27.6 Å². The van der Waals surface area contributed by atoms with Gasteiger partial charge in [0.2, 0.25) is 0 Å². The van der Waals surface area contributed by atoms with E-state index >= 15 is 0 Å². The summed E-state index contributed by atoms with van der Waals surface area (Å²) in [5.41, 5.74) is 5.29. The quantitative estimate of drug-likeness (QED) is 0.473. The second-order valence-electron chi connectivity index (χ2n) is 10.0. The van der Waals surface area contributed by atoms with E-state index in [9.17, 15) is 0 Å². The van der Waals surface area contributed by atoms with E-state index < -0.39 is 0 Å². The number of ether oxygens (including phenoxy) is 1. The van der Waals surface area contributed by atoms with E-state index in [-0.39, 0.29) is 0 Å². The third-order valence-corrected chi connectivity index (χ3v) is 8.27. The van der Waals surface area contributed by atoms with Crippen LogP contribution in [-0.4, -0.2) is 49.3 Å². The normalized spacial score (nSPS) is 18.9. The maximum absolute atomic E-state index is 6.38. The fourth-order valence-corrected chi connectivity index (χ4v) is 5.88. The molecule has 0 spiro atoms. The van der Waals surface area contributed by atoms with Crippen molar-refractivity contribution in [2.24, 2.45) is 4.99 Å². The maximum atomic E-state index is 6.38. The Morgan fingerprint density at radius 1 is 1.00 bits per heavy atom. The molecule has 36 heavy (non-hydrogen) atoms. The van der Waals surface area contributed by atoms with Crippen LogP contribution in [0.1, 0.15) is 36.1 Å². The summed E-state index contributed by atoms with van der Waals surface area (Å²) in [4.78, 5) is 12.4. The van der Waals surface area contributed by atoms with Crippen LogP contribution in [0.2, 0.25) is 0 Å². The molecule has 5 nitrogen and oxygen atoms in total. The van der Waals surface area contributed by atoms with Gasteiger partial charge in [-0.15, -0.1) is 0 Å². The molecular weight excluding hydrogens is 512 g/mol. The van der Waals surface area contributed by atoms with Crippen LogP contribution in [0.3, 0.4) is 0 Å². The molecule has 3 aliphatic rings. The van der Waals surface area contributed by atoms with E-state index in [0.717, 1.165) is 67.8 Å². The van der Waals surface area contributed by atoms with Crippen molar-refractivity contribution in [3.05, 3.63) is 92.4 Å². The van der Waals surface area contributed by atoms with Gasteiger partial charge in [-0.05, 0) is 54.8 Å². The predicted molar refractivity (Wildman–Crippen MR) is 149 cm³/mol. The number of benzene rings is 3. The first kappa shape index (κ1) is 23.7. The first-order valence-corrected chi connectivity index (χ1v) is 13.8. The maximum Gasteiger partial charge on any atom is 0.151 e. The summed E-state index contributed by atoms with van der Waals surface area (Å²) < 4.78 is 7.51. The Morgan fingerprint density at radius 2 is 1.78 bits per heavy atom. The Bertz CT molecular complexity index is 1330. The minimum atomic E-state index is 0.300. The molecule has 1 atom stereocenters. The highest BCUT2D eigenvalue weighted by molar-refractivity contribution is 9.10. The van der Waals surface area contributed by atoms with Crippen molar-refractivity contribution in [3.63, 3.8) is 0 Å². The van der Waals surface area contributed by atoms with Crippen molar-refractivity contribution in [2.45, 2.75) is 32.5 Å². The van der Waals surface area contributed by atoms with Gasteiger partial charge < -0.3 is 9.64 Å². The summed E-state index contributed by atoms with van der Waals surface area (Å²) in [6.45, 7) is 9.79. The zero-order valence-electron chi connectivity index (χ0n) is 20.9. The van der Waals surface area contributed by atoms with Gasteiger partial charge in [-0.1, -0.05) is 52.3 Å². The summed E-state index contributed by atoms with van der Waals surface area (Å²) >= 11 is 3.55. The number of hydrogen-bond donors (Lipinski definition) is 0. The van der Waals surface area contributed by atoms with Crippen LogP contribution >= 0.6 is 15.9 Å². The Kier molecular flexibility index (Phi) is 6.83. The highest BCUT2D eigenvalue weighted by Crippen LogP contribution is 2.29. The molecule has 3 aliphatic heterocycles. The van der Waals surface area contributed by atoms with Crippen LogP contribution in [0.25, 0.3) is 6.08 Å². The van der Waals surface area contributed by atoms with Gasteiger partial charge in [-0.25, -0.2) is 0 Å². The van der Waals surface area contributed by atoms with Crippen molar-refractivity contribution < 1.29 is 4.74 Å². The molecule has 0 aliphatic carbocycles. The number of rotatable bonds is 5. The third kappa shape index (κ3) is 4.82. The van der Waals surface area contributed by atoms with Crippen molar-refractivity contribution in [1.29, 1.82) is 0 Å². The number of fused-ring (bicyclic) bond motifs is 3. The molecule has 0 bridgehead atoms. The lowest BCUT2D eigenvalue weighted by molar-refractivity contribution is 0.0602. The SMILES string of the molecule is CC(c1ccccc1)N1COc2c(cc(CN3CCN(c4ccc(Br)cc4)CC3)c3c2=NCCC=3)C1. The Labute approximate surface area is 221 Å². The fourth-order valence-electron chi connectivity index (χ4n) is 5.62. The third-order valence-electron chi connectivity index (χ3n) is 7.74. The summed E-state index contributed by atoms with van der Waals surface area (Å²) in [6, 6.07) is 22.1. The van der Waals surface area contributed by atoms with E-state index in [0.29, 0.717) is 12.8 Å². The zero-order chi connectivity index (χ0) is 24.5. The number of anilines is 1. The molecule has 0 aromatic heterocycles. The molecule has 3 aromatic carbocycles. The molecule has 0 radical (unpaired) electrons. The average Bonchev–Trinajstić information content (AvgIpc) is 2.94. The summed E-state index contributed by atoms with van der Waals surface area (Å²) in [5.74, 6) is 1.00. The van der Waals surface area contributed by atoms with Crippen molar-refractivity contribution in [3.8, 4) is 5.75 Å². The Hall–Kier alpha value is -2.67. The number of hydrogen-bond acceptors (Lipinski definition) is 5. The molecule has 0 N–H and O–H groups in total. The molecule has 0 amide bonds. The summed E-state index contributed by atoms with van der Waals surface area (Å²) in [6.07, 6.45) is 3.38. The number of nitrogens with zero attached hydrogens (tertiary/aromatic N) is 4. The minimum Gasteiger partial charge on any atom is -0.475 e. The highest BCUT2D eigenvalue weighted by Gasteiger charge is 2.26. The van der Waals surface area contributed by atoms with Gasteiger partial charge in [0.25, 0.3) is 0 Å². The fraction of sp³-hybridized carbons (Fsp3) is 0.367. The van der Waals surface area contributed by atoms with Gasteiger partial charge in [0.15, 0.2) is 5.75 Å². The topological polar surface area (TPSA) is 31.3 Å². The highest BCUT2D eigenvalue weighted by atomic mass is 79.9. The molecule has 1 saturated heterocycles. The van der Waals surface area contributed by atoms with Crippen LogP contribution in [0.5, 0.6) is 5.75 Å². The molecule has 1 fully saturated rings. The van der Waals surface area contributed by atoms with Gasteiger partial charge in [0.1, 0.15) is 12.1 Å². The molecule has 6 rings (SSSR count). The van der Waals surface area contributed by atoms with Gasteiger partial charge in [0, 0.05) is 72.8 Å². The Morgan fingerprint density at radius 3 is 2.56 bits per heavy atom. The molecule has 0 saturated carbocycles. The molecule has 3 heterocycles. The van der Waals surface area contributed by atoms with Gasteiger partial charge in [-0.2, -0.15) is 0 Å². The second-order valence-corrected chi connectivity index (χ2v) is 10.9. The minimum absolute atomic E-state index is 0.300. The van der Waals surface area contributed by atoms with E-state index in [4.69, 9.17) is 9.73 Å². The zero-order valence-corrected chi connectivity index (χ0v) is 22.5. The lowest BCUT2D eigenvalue weighted by Gasteiger charge is -2.37. The molecule has 3 aromatic rings. The van der Waals surface area contributed by atoms with Crippen LogP contribution < -0.4 is 20.2 Å². The number of halogens is 1. The molecule has 6 heteroatoms. The van der Waals surface area contributed by atoms with Crippen LogP contribution in [0.15, 0.2) is 70.1 Å². The van der Waals surface area contributed by atoms with Crippen LogP contribution in [-0.2, 0) is 13.1 Å². The van der Waals surface area contributed by atoms with Gasteiger partial charge in [0.05, 0.1) is 0 Å². The Balaban J connectivity index is 1.22. The predicted octanol–water partition coefficient (Wildman–Crippen LogP) is 4.49. The lowest BCUT2D eigenvalue weighted by atomic mass is 10.00. The van der Waals surface area contributed by atoms with E-state index in [2.05, 4.69) is 104 Å². The summed E-state index contributed by atoms with van der Waals surface area (Å²) in [5, 5.41) is 2.37. The largest absolute Gasteiger partial charge is 0.475 e. The van der Waals surface area contributed by atoms with Crippen molar-refractivity contribution in [2.75, 3.05) is 44.4 Å². The van der Waals surface area contributed by atoms with Crippen LogP contribution in [0, 0.1) is 0 Å². The first-order valence-electron chi connectivity index (χ1n) is 13.0. The summed E-state index contributed by atoms with van der Waals surface area (Å²) in [7, 11) is 0. The number of piperazine rings is 1. The van der Waals surface area contributed by atoms with E-state index in [1.807, 2.05) is 0 Å². The van der Waals surface area contributed by atoms with Crippen LogP contribution in [0.4, 0.5) is 5.69 Å². The van der Waals surface area contributed by atoms with Crippen molar-refractivity contribution in [1.82, 2.24) is 9.80 Å². The van der Waals surface area contributed by atoms with E-state index in [1.54, 1.807) is 0 Å². The smallest absolute Gasteiger partial charge is 0.151 e. The van der Waals surface area contributed by atoms with Gasteiger partial charge in [-0.3, -0.25) is 14.8 Å². The lowest BCUT2D eigenvalue weighted by Crippen LogP contribution is -2.47. The monoisotopic (exact) mass is 544 g/mol. The molecular formula is C30H33BrN4O. The van der Waals surface area contributed by atoms with Crippen molar-refractivity contribution >= 4 is 27.7 Å². The second kappa shape index (κ2) is 10.4. The molecule has 1 unspecified atom stereocenters. The van der Waals surface area contributed by atoms with Gasteiger partial charge >= 0.3 is 0 Å². The first-order chi connectivity index (χ1) is 17.7.